The lowest BCUT2D eigenvalue weighted by Gasteiger charge is -2.19. The number of carbonyl (C=O) groups is 1. The van der Waals surface area contributed by atoms with Gasteiger partial charge < -0.3 is 28.4 Å². The summed E-state index contributed by atoms with van der Waals surface area (Å²) in [6.07, 6.45) is 0.342. The lowest BCUT2D eigenvalue weighted by molar-refractivity contribution is 0.133. The van der Waals surface area contributed by atoms with Crippen LogP contribution in [0.15, 0.2) is 71.1 Å². The molecule has 0 saturated carbocycles. The summed E-state index contributed by atoms with van der Waals surface area (Å²) in [7, 11) is -2.21. The van der Waals surface area contributed by atoms with Crippen LogP contribution in [-0.2, 0) is 45.4 Å². The van der Waals surface area contributed by atoms with E-state index < -0.39 is 19.6 Å². The molecule has 0 unspecified atom stereocenters. The predicted molar refractivity (Wildman–Crippen MR) is 229 cm³/mol. The third-order valence-corrected chi connectivity index (χ3v) is 16.0. The lowest BCUT2D eigenvalue weighted by Crippen LogP contribution is -2.25. The first-order chi connectivity index (χ1) is 25.6. The zero-order valence-electron chi connectivity index (χ0n) is 30.9. The Hall–Kier alpha value is -1.15. The van der Waals surface area contributed by atoms with E-state index in [4.69, 9.17) is 90.3 Å². The molecule has 300 valence electrons. The summed E-state index contributed by atoms with van der Waals surface area (Å²) in [5.41, 5.74) is 0.228. The van der Waals surface area contributed by atoms with Crippen LogP contribution in [0.25, 0.3) is 5.76 Å². The molecule has 0 bridgehead atoms. The molecule has 0 radical (unpaired) electrons. The average molecular weight is 924 g/mol. The Bertz CT molecular complexity index is 1750. The van der Waals surface area contributed by atoms with Gasteiger partial charge in [-0.2, -0.15) is 0 Å². The second-order valence-electron chi connectivity index (χ2n) is 11.0. The van der Waals surface area contributed by atoms with E-state index in [1.807, 2.05) is 64.1 Å². The predicted octanol–water partition coefficient (Wildman–Crippen LogP) is 13.3. The van der Waals surface area contributed by atoms with E-state index in [-0.39, 0.29) is 24.6 Å². The number of hydrogen-bond acceptors (Lipinski definition) is 12. The maximum Gasteiger partial charge on any atom is 0.530 e. The molecule has 4 rings (SSSR count). The van der Waals surface area contributed by atoms with E-state index in [0.717, 1.165) is 27.6 Å². The van der Waals surface area contributed by atoms with Crippen molar-refractivity contribution in [3.8, 4) is 11.5 Å². The maximum absolute atomic E-state index is 12.3. The van der Waals surface area contributed by atoms with Gasteiger partial charge in [0.2, 0.25) is 5.69 Å². The highest BCUT2D eigenvalue weighted by Gasteiger charge is 2.33. The Morgan fingerprint density at radius 1 is 0.926 bits per heavy atom. The SMILES string of the molecule is CCOP(=O)(OCC)O/C(=C\Cl)c1ccc(Cl)cc1Cl.CCOP(=S)(OCC)SCSc1ccc(Cl)cc1.CNC(=O)Oc1cccc2c1OC(C)(C)C2. The Morgan fingerprint density at radius 2 is 1.52 bits per heavy atom. The number of hydrogen-bond donors (Lipinski definition) is 1. The van der Waals surface area contributed by atoms with E-state index in [2.05, 4.69) is 5.32 Å². The highest BCUT2D eigenvalue weighted by molar-refractivity contribution is 8.69. The van der Waals surface area contributed by atoms with Crippen molar-refractivity contribution in [2.75, 3.05) is 38.6 Å². The standard InChI is InChI=1S/C12H14Cl3O4P.C12H15NO3.C11H16ClO2PS3/c1-3-17-20(16,18-4-2)19-12(8-13)10-6-5-9(14)7-11(10)15;1-12(2)7-8-5-4-6-9(10(8)16-12)15-11(14)13-3;1-3-13-15(16,14-4-2)18-9-17-11-7-5-10(12)6-8-11/h5-8H,3-4H2,1-2H3;4-6H,7H2,1-3H3,(H,13,14);5-8H,3-4,9H2,1-2H3/b12-8-;;. The van der Waals surface area contributed by atoms with Crippen LogP contribution in [0.5, 0.6) is 11.5 Å². The van der Waals surface area contributed by atoms with Gasteiger partial charge in [0.15, 0.2) is 17.3 Å². The van der Waals surface area contributed by atoms with Crippen LogP contribution in [0.1, 0.15) is 52.7 Å². The van der Waals surface area contributed by atoms with E-state index >= 15 is 0 Å². The van der Waals surface area contributed by atoms with Crippen LogP contribution in [-0.4, -0.2) is 50.3 Å². The summed E-state index contributed by atoms with van der Waals surface area (Å²) >= 11 is 32.1. The number of ether oxygens (including phenoxy) is 2. The van der Waals surface area contributed by atoms with E-state index in [1.165, 1.54) is 18.0 Å². The van der Waals surface area contributed by atoms with Crippen molar-refractivity contribution in [2.45, 2.75) is 58.5 Å². The van der Waals surface area contributed by atoms with Gasteiger partial charge in [-0.15, -0.1) is 11.8 Å². The van der Waals surface area contributed by atoms with Gasteiger partial charge in [-0.05, 0) is 102 Å². The molecule has 54 heavy (non-hydrogen) atoms. The number of phosphoric acid groups is 1. The molecule has 19 heteroatoms. The highest BCUT2D eigenvalue weighted by atomic mass is 35.5. The van der Waals surface area contributed by atoms with Crippen molar-refractivity contribution >= 4 is 107 Å². The minimum Gasteiger partial charge on any atom is -0.483 e. The zero-order chi connectivity index (χ0) is 40.4. The van der Waals surface area contributed by atoms with Crippen molar-refractivity contribution in [1.82, 2.24) is 5.32 Å². The molecule has 10 nitrogen and oxygen atoms in total. The third-order valence-electron chi connectivity index (χ3n) is 6.37. The van der Waals surface area contributed by atoms with Crippen molar-refractivity contribution < 1.29 is 41.5 Å². The molecule has 0 atom stereocenters. The van der Waals surface area contributed by atoms with Crippen molar-refractivity contribution in [1.29, 1.82) is 0 Å². The first-order valence-electron chi connectivity index (χ1n) is 16.5. The molecule has 0 spiro atoms. The third kappa shape index (κ3) is 17.1. The molecular formula is C35H45Cl4NO9P2S3. The average Bonchev–Trinajstić information content (AvgIpc) is 3.44. The lowest BCUT2D eigenvalue weighted by atomic mass is 10.0. The first kappa shape index (κ1) is 49.0. The van der Waals surface area contributed by atoms with E-state index in [0.29, 0.717) is 40.3 Å². The molecule has 3 aromatic carbocycles. The van der Waals surface area contributed by atoms with Crippen LogP contribution < -0.4 is 14.8 Å². The molecule has 1 aliphatic heterocycles. The Kier molecular flexibility index (Phi) is 22.3. The van der Waals surface area contributed by atoms with Gasteiger partial charge in [-0.25, -0.2) is 9.36 Å². The molecule has 0 aromatic heterocycles. The number of benzene rings is 3. The molecule has 0 fully saturated rings. The number of thioether (sulfide) groups is 1. The zero-order valence-corrected chi connectivity index (χ0v) is 38.2. The minimum atomic E-state index is -3.73. The summed E-state index contributed by atoms with van der Waals surface area (Å²) in [6, 6.07) is 18.1. The van der Waals surface area contributed by atoms with Crippen LogP contribution in [0, 0.1) is 0 Å². The molecule has 1 N–H and O–H groups in total. The quantitative estimate of drug-likeness (QED) is 0.0639. The molecule has 1 heterocycles. The van der Waals surface area contributed by atoms with Crippen LogP contribution in [0.2, 0.25) is 15.1 Å². The molecule has 1 amide bonds. The van der Waals surface area contributed by atoms with Gasteiger partial charge in [0, 0.05) is 45.1 Å². The fourth-order valence-electron chi connectivity index (χ4n) is 4.28. The molecule has 1 aliphatic rings. The van der Waals surface area contributed by atoms with Crippen LogP contribution in [0.3, 0.4) is 0 Å². The molecular weight excluding hydrogens is 878 g/mol. The maximum atomic E-state index is 12.3. The second-order valence-corrected chi connectivity index (χ2v) is 21.8. The topological polar surface area (TPSA) is 111 Å². The van der Waals surface area contributed by atoms with Gasteiger partial charge in [0.1, 0.15) is 5.60 Å². The van der Waals surface area contributed by atoms with Crippen LogP contribution in [0.4, 0.5) is 4.79 Å². The summed E-state index contributed by atoms with van der Waals surface area (Å²) in [5.74, 6) is 1.23. The van der Waals surface area contributed by atoms with E-state index in [1.54, 1.807) is 55.2 Å². The van der Waals surface area contributed by atoms with Gasteiger partial charge in [0.05, 0.1) is 36.5 Å². The van der Waals surface area contributed by atoms with Crippen LogP contribution >= 0.6 is 83.1 Å². The largest absolute Gasteiger partial charge is 0.530 e. The number of phosphoric ester groups is 1. The Labute approximate surface area is 352 Å². The normalized spacial score (nSPS) is 13.4. The smallest absolute Gasteiger partial charge is 0.483 e. The fourth-order valence-corrected chi connectivity index (χ4v) is 13.3. The van der Waals surface area contributed by atoms with Gasteiger partial charge in [-0.3, -0.25) is 9.05 Å². The summed E-state index contributed by atoms with van der Waals surface area (Å²) in [5, 5.41) is 4.75. The number of nitrogens with one attached hydrogen (secondary N) is 1. The number of halogens is 4. The number of rotatable bonds is 16. The number of carbonyl (C=O) groups excluding carboxylic acids is 1. The van der Waals surface area contributed by atoms with Gasteiger partial charge in [-0.1, -0.05) is 69.9 Å². The van der Waals surface area contributed by atoms with Crippen molar-refractivity contribution in [2.24, 2.45) is 0 Å². The molecule has 0 aliphatic carbocycles. The second kappa shape index (κ2) is 24.6. The Balaban J connectivity index is 0.000000282. The van der Waals surface area contributed by atoms with Crippen molar-refractivity contribution in [3.05, 3.63) is 92.4 Å². The fraction of sp³-hybridized carbons (Fsp3) is 0.400. The van der Waals surface area contributed by atoms with Crippen molar-refractivity contribution in [3.63, 3.8) is 0 Å². The number of para-hydroxylation sites is 1. The van der Waals surface area contributed by atoms with E-state index in [9.17, 15) is 9.36 Å². The van der Waals surface area contributed by atoms with Gasteiger partial charge in [0.25, 0.3) is 0 Å². The number of fused-ring (bicyclic) bond motifs is 1. The number of amides is 1. The summed E-state index contributed by atoms with van der Waals surface area (Å²) in [6.45, 7) is 12.8. The highest BCUT2D eigenvalue weighted by Crippen LogP contribution is 2.62. The minimum absolute atomic E-state index is 0.0820. The molecule has 3 aromatic rings. The van der Waals surface area contributed by atoms with Gasteiger partial charge >= 0.3 is 13.9 Å². The Morgan fingerprint density at radius 3 is 2.06 bits per heavy atom. The molecule has 0 saturated heterocycles. The monoisotopic (exact) mass is 921 g/mol. The summed E-state index contributed by atoms with van der Waals surface area (Å²) < 4.78 is 49.7. The summed E-state index contributed by atoms with van der Waals surface area (Å²) in [4.78, 5) is 12.3. The first-order valence-corrected chi connectivity index (χ1v) is 24.8.